The fraction of sp³-hybridized carbons (Fsp3) is 0.828. The van der Waals surface area contributed by atoms with Crippen molar-refractivity contribution in [1.29, 1.82) is 0 Å². The van der Waals surface area contributed by atoms with Crippen LogP contribution in [0.5, 0.6) is 0 Å². The average molecular weight is 694 g/mol. The molecule has 0 bridgehead atoms. The Morgan fingerprint density at radius 1 is 0.500 bits per heavy atom. The second-order valence-electron chi connectivity index (χ2n) is 11.6. The van der Waals surface area contributed by atoms with Gasteiger partial charge in [0.1, 0.15) is 0 Å². The largest absolute Gasteiger partial charge is 4.00 e. The van der Waals surface area contributed by atoms with Gasteiger partial charge in [-0.3, -0.25) is 8.22 Å². The van der Waals surface area contributed by atoms with Gasteiger partial charge in [0.05, 0.1) is 0 Å². The van der Waals surface area contributed by atoms with E-state index in [2.05, 4.69) is 99.0 Å². The third-order valence-electron chi connectivity index (χ3n) is 3.91. The molecule has 0 aliphatic carbocycles. The maximum absolute atomic E-state index is 11.7. The molecule has 212 valence electrons. The number of hydrogen-bond acceptors (Lipinski definition) is 0. The molecule has 0 aromatic heterocycles. The molecule has 0 saturated carbocycles. The minimum Gasteiger partial charge on any atom is -0.662 e. The van der Waals surface area contributed by atoms with E-state index < -0.39 is 9.46 Å². The molecule has 1 rings (SSSR count). The van der Waals surface area contributed by atoms with Gasteiger partial charge < -0.3 is 16.0 Å². The van der Waals surface area contributed by atoms with Gasteiger partial charge in [-0.15, -0.1) is 44.5 Å². The van der Waals surface area contributed by atoms with E-state index in [4.69, 9.17) is 0 Å². The fourth-order valence-corrected chi connectivity index (χ4v) is 2.82. The molecule has 0 amide bonds. The van der Waals surface area contributed by atoms with E-state index in [0.717, 1.165) is 74.8 Å². The Labute approximate surface area is 245 Å². The zero-order valence-electron chi connectivity index (χ0n) is 25.7. The summed E-state index contributed by atoms with van der Waals surface area (Å²) < 4.78 is 23.5. The third kappa shape index (κ3) is 44.2. The Kier molecular flexibility index (Phi) is 35.7. The van der Waals surface area contributed by atoms with Crippen molar-refractivity contribution in [2.24, 2.45) is 35.5 Å². The molecule has 0 aliphatic rings. The summed E-state index contributed by atoms with van der Waals surface area (Å²) in [6, 6.07) is 6.21. The third-order valence-corrected chi connectivity index (χ3v) is 4.79. The number of rotatable bonds is 13. The van der Waals surface area contributed by atoms with Gasteiger partial charge in [0.15, 0.2) is 0 Å². The van der Waals surface area contributed by atoms with Crippen LogP contribution in [0.2, 0.25) is 0 Å². The topological polar surface area (TPSA) is 42.3 Å². The van der Waals surface area contributed by atoms with Crippen molar-refractivity contribution in [2.45, 2.75) is 83.1 Å². The minimum atomic E-state index is -3.48. The SMILES string of the molecule is CC(C)C[N-]CC(C)C.CC(C)C[N-]CC(C)C.CC(C)C[N-]CC(C)C.F[SiH](F)[c-]1cccc1.[Hf+4]. The predicted molar refractivity (Wildman–Crippen MR) is 159 cm³/mol. The maximum atomic E-state index is 11.7. The summed E-state index contributed by atoms with van der Waals surface area (Å²) >= 11 is 0. The molecular formula is C29H59F2HfN3Si. The van der Waals surface area contributed by atoms with E-state index >= 15 is 0 Å². The van der Waals surface area contributed by atoms with Gasteiger partial charge in [0.2, 0.25) is 0 Å². The predicted octanol–water partition coefficient (Wildman–Crippen LogP) is 8.79. The fourth-order valence-electron chi connectivity index (χ4n) is 2.31. The number of hydrogen-bond donors (Lipinski definition) is 0. The normalized spacial score (nSPS) is 10.8. The van der Waals surface area contributed by atoms with Crippen molar-refractivity contribution in [2.75, 3.05) is 39.3 Å². The van der Waals surface area contributed by atoms with Crippen LogP contribution >= 0.6 is 0 Å². The van der Waals surface area contributed by atoms with Gasteiger partial charge in [-0.1, -0.05) is 119 Å². The Morgan fingerprint density at radius 2 is 0.694 bits per heavy atom. The Balaban J connectivity index is -0.000000188. The van der Waals surface area contributed by atoms with E-state index in [9.17, 15) is 8.22 Å². The molecule has 0 spiro atoms. The summed E-state index contributed by atoms with van der Waals surface area (Å²) in [5.74, 6) is 4.35. The maximum Gasteiger partial charge on any atom is 4.00 e. The van der Waals surface area contributed by atoms with Gasteiger partial charge in [-0.2, -0.15) is 12.1 Å². The molecule has 3 nitrogen and oxygen atoms in total. The summed E-state index contributed by atoms with van der Waals surface area (Å²) in [5, 5.41) is 13.4. The molecule has 0 unspecified atom stereocenters. The molecule has 7 heteroatoms. The van der Waals surface area contributed by atoms with Crippen LogP contribution in [0.25, 0.3) is 16.0 Å². The summed E-state index contributed by atoms with van der Waals surface area (Å²) in [4.78, 5) is 0. The average Bonchev–Trinajstić information content (AvgIpc) is 3.23. The molecule has 0 atom stereocenters. The second kappa shape index (κ2) is 29.7. The van der Waals surface area contributed by atoms with Crippen molar-refractivity contribution in [3.8, 4) is 0 Å². The summed E-state index contributed by atoms with van der Waals surface area (Å²) in [7, 11) is -3.48. The molecular weight excluding hydrogens is 635 g/mol. The van der Waals surface area contributed by atoms with Gasteiger partial charge in [-0.05, 0) is 0 Å². The van der Waals surface area contributed by atoms with E-state index in [-0.39, 0.29) is 31.0 Å². The van der Waals surface area contributed by atoms with Crippen LogP contribution in [0.15, 0.2) is 24.3 Å². The van der Waals surface area contributed by atoms with Crippen LogP contribution in [0.1, 0.15) is 83.1 Å². The molecule has 0 aliphatic heterocycles. The van der Waals surface area contributed by atoms with Gasteiger partial charge in [0, 0.05) is 0 Å². The van der Waals surface area contributed by atoms with Crippen LogP contribution in [0.3, 0.4) is 0 Å². The Hall–Kier alpha value is 0.177. The van der Waals surface area contributed by atoms with E-state index in [1.165, 1.54) is 12.1 Å². The molecule has 1 aromatic carbocycles. The van der Waals surface area contributed by atoms with Crippen molar-refractivity contribution in [3.63, 3.8) is 0 Å². The van der Waals surface area contributed by atoms with Crippen molar-refractivity contribution >= 4 is 14.7 Å². The quantitative estimate of drug-likeness (QED) is 0.113. The van der Waals surface area contributed by atoms with Crippen LogP contribution in [-0.4, -0.2) is 48.7 Å². The van der Waals surface area contributed by atoms with E-state index in [1.54, 1.807) is 12.1 Å². The second-order valence-corrected chi connectivity index (χ2v) is 12.9. The number of halogens is 2. The first kappa shape index (κ1) is 43.2. The Bertz CT molecular complexity index is 442. The van der Waals surface area contributed by atoms with Crippen LogP contribution in [0.4, 0.5) is 8.22 Å². The molecule has 0 N–H and O–H groups in total. The molecule has 0 saturated heterocycles. The van der Waals surface area contributed by atoms with Crippen molar-refractivity contribution in [3.05, 3.63) is 40.2 Å². The zero-order valence-corrected chi connectivity index (χ0v) is 30.4. The van der Waals surface area contributed by atoms with Crippen LogP contribution in [0, 0.1) is 35.5 Å². The van der Waals surface area contributed by atoms with E-state index in [1.807, 2.05) is 0 Å². The first-order chi connectivity index (χ1) is 16.2. The smallest absolute Gasteiger partial charge is 0.662 e. The number of nitrogens with zero attached hydrogens (tertiary/aromatic N) is 3. The monoisotopic (exact) mass is 695 g/mol. The van der Waals surface area contributed by atoms with Gasteiger partial charge in [-0.25, -0.2) is 12.1 Å². The minimum absolute atomic E-state index is 0. The molecule has 0 radical (unpaired) electrons. The van der Waals surface area contributed by atoms with Gasteiger partial charge >= 0.3 is 35.3 Å². The zero-order chi connectivity index (χ0) is 27.8. The summed E-state index contributed by atoms with van der Waals surface area (Å²) in [6.45, 7) is 32.5. The van der Waals surface area contributed by atoms with Crippen molar-refractivity contribution < 1.29 is 34.1 Å². The van der Waals surface area contributed by atoms with Crippen molar-refractivity contribution in [1.82, 2.24) is 0 Å². The standard InChI is InChI=1S/3C8H18N.C5H5F2Si.Hf/c3*1-7(2)5-9-6-8(3)4;6-8(7)5-3-1-2-4-5;/h3*7-8H,5-6H2,1-4H3;1-4,8H;/q4*-1;+4. The van der Waals surface area contributed by atoms with Gasteiger partial charge in [0.25, 0.3) is 0 Å². The molecule has 0 heterocycles. The summed E-state index contributed by atoms with van der Waals surface area (Å²) in [6.07, 6.45) is 0. The first-order valence-corrected chi connectivity index (χ1v) is 15.0. The summed E-state index contributed by atoms with van der Waals surface area (Å²) in [5.41, 5.74) is 0. The van der Waals surface area contributed by atoms with E-state index in [0.29, 0.717) is 0 Å². The van der Waals surface area contributed by atoms with Crippen LogP contribution in [-0.2, 0) is 25.8 Å². The first-order valence-electron chi connectivity index (χ1n) is 13.6. The van der Waals surface area contributed by atoms with Crippen LogP contribution < -0.4 is 5.19 Å². The Morgan fingerprint density at radius 3 is 0.806 bits per heavy atom. The molecule has 1 aromatic rings. The molecule has 0 fully saturated rings. The molecule has 36 heavy (non-hydrogen) atoms.